The predicted molar refractivity (Wildman–Crippen MR) is 254 cm³/mol. The predicted octanol–water partition coefficient (Wildman–Crippen LogP) is 14.8. The van der Waals surface area contributed by atoms with Crippen molar-refractivity contribution in [2.45, 2.75) is 18.9 Å². The summed E-state index contributed by atoms with van der Waals surface area (Å²) in [6.07, 6.45) is 7.86. The molecular formula is C55H34N4S. The summed E-state index contributed by atoms with van der Waals surface area (Å²) in [4.78, 5) is 11.3. The van der Waals surface area contributed by atoms with Gasteiger partial charge >= 0.3 is 0 Å². The maximum Gasteiger partial charge on any atom is 0.235 e. The maximum absolute atomic E-state index is 5.68. The fourth-order valence-corrected chi connectivity index (χ4v) is 12.0. The van der Waals surface area contributed by atoms with Crippen molar-refractivity contribution < 1.29 is 0 Å². The molecule has 1 atom stereocenters. The van der Waals surface area contributed by atoms with E-state index in [9.17, 15) is 0 Å². The highest BCUT2D eigenvalue weighted by atomic mass is 32.1. The third kappa shape index (κ3) is 4.14. The van der Waals surface area contributed by atoms with Crippen LogP contribution in [0.1, 0.15) is 18.9 Å². The molecule has 0 spiro atoms. The highest BCUT2D eigenvalue weighted by Gasteiger charge is 2.41. The van der Waals surface area contributed by atoms with Gasteiger partial charge < -0.3 is 4.57 Å². The van der Waals surface area contributed by atoms with E-state index in [1.54, 1.807) is 0 Å². The molecule has 0 saturated heterocycles. The average molecular weight is 783 g/mol. The molecule has 5 heteroatoms. The molecule has 0 radical (unpaired) electrons. The molecule has 2 aliphatic rings. The molecule has 1 aliphatic heterocycles. The lowest BCUT2D eigenvalue weighted by molar-refractivity contribution is 0.469. The average Bonchev–Trinajstić information content (AvgIpc) is 3.90. The zero-order valence-electron chi connectivity index (χ0n) is 32.6. The zero-order valence-corrected chi connectivity index (χ0v) is 33.5. The first kappa shape index (κ1) is 32.6. The van der Waals surface area contributed by atoms with E-state index in [-0.39, 0.29) is 5.54 Å². The maximum atomic E-state index is 5.68. The van der Waals surface area contributed by atoms with E-state index in [0.717, 1.165) is 56.0 Å². The summed E-state index contributed by atoms with van der Waals surface area (Å²) < 4.78 is 7.66. The normalized spacial score (nSPS) is 16.1. The fourth-order valence-electron chi connectivity index (χ4n) is 10.9. The summed E-state index contributed by atoms with van der Waals surface area (Å²) >= 11 is 1.88. The van der Waals surface area contributed by atoms with Gasteiger partial charge in [-0.2, -0.15) is 0 Å². The molecular weight excluding hydrogens is 749 g/mol. The number of aromatic nitrogens is 4. The van der Waals surface area contributed by atoms with Crippen LogP contribution in [0.5, 0.6) is 0 Å². The Morgan fingerprint density at radius 3 is 2.25 bits per heavy atom. The molecule has 5 heterocycles. The Hall–Kier alpha value is -7.34. The van der Waals surface area contributed by atoms with E-state index in [1.807, 2.05) is 11.3 Å². The molecule has 0 saturated carbocycles. The lowest BCUT2D eigenvalue weighted by Gasteiger charge is -2.32. The van der Waals surface area contributed by atoms with Crippen molar-refractivity contribution in [3.8, 4) is 28.3 Å². The summed E-state index contributed by atoms with van der Waals surface area (Å²) in [5, 5.41) is 10.9. The second-order valence-corrected chi connectivity index (χ2v) is 17.7. The van der Waals surface area contributed by atoms with Gasteiger partial charge in [0.25, 0.3) is 0 Å². The second-order valence-electron chi connectivity index (χ2n) is 16.7. The monoisotopic (exact) mass is 782 g/mol. The SMILES string of the molecule is CC12CC=CC=C1c1cccc3c4cccc5c4c4c(cc6sc7ccccc7c6c4n2c13)n5-c1nc(-c2cccc(-c3ccccc3)c2)c2ccc3ccccc3c2n1. The summed E-state index contributed by atoms with van der Waals surface area (Å²) in [6, 6.07) is 57.6. The van der Waals surface area contributed by atoms with Crippen LogP contribution in [0.2, 0.25) is 0 Å². The fraction of sp³-hybridized carbons (Fsp3) is 0.0545. The first-order valence-corrected chi connectivity index (χ1v) is 21.5. The van der Waals surface area contributed by atoms with Crippen molar-refractivity contribution >= 4 is 102 Å². The Balaban J connectivity index is 1.20. The first-order chi connectivity index (χ1) is 29.6. The second kappa shape index (κ2) is 11.7. The number of benzene rings is 8. The van der Waals surface area contributed by atoms with Crippen LogP contribution in [0.4, 0.5) is 0 Å². The highest BCUT2D eigenvalue weighted by Crippen LogP contribution is 2.55. The number of fused-ring (bicyclic) bond motifs is 12. The number of nitrogens with zero attached hydrogens (tertiary/aromatic N) is 4. The smallest absolute Gasteiger partial charge is 0.235 e. The summed E-state index contributed by atoms with van der Waals surface area (Å²) in [5.74, 6) is 0.672. The van der Waals surface area contributed by atoms with Crippen molar-refractivity contribution in [3.05, 3.63) is 182 Å². The minimum Gasteiger partial charge on any atom is -0.329 e. The number of allylic oxidation sites excluding steroid dienone is 4. The van der Waals surface area contributed by atoms with Crippen molar-refractivity contribution in [2.24, 2.45) is 0 Å². The number of thiophene rings is 1. The Bertz CT molecular complexity index is 3930. The molecule has 1 unspecified atom stereocenters. The van der Waals surface area contributed by atoms with Gasteiger partial charge in [0.1, 0.15) is 0 Å². The molecule has 12 aromatic rings. The minimum absolute atomic E-state index is 0.275. The quantitative estimate of drug-likeness (QED) is 0.167. The van der Waals surface area contributed by atoms with Crippen molar-refractivity contribution in [1.82, 2.24) is 19.1 Å². The third-order valence-corrected chi connectivity index (χ3v) is 14.6. The largest absolute Gasteiger partial charge is 0.329 e. The third-order valence-electron chi connectivity index (χ3n) is 13.5. The van der Waals surface area contributed by atoms with Gasteiger partial charge in [0.2, 0.25) is 5.95 Å². The van der Waals surface area contributed by atoms with E-state index >= 15 is 0 Å². The van der Waals surface area contributed by atoms with Crippen LogP contribution in [0.25, 0.3) is 119 Å². The summed E-state index contributed by atoms with van der Waals surface area (Å²) in [6.45, 7) is 2.45. The minimum atomic E-state index is -0.275. The topological polar surface area (TPSA) is 35.6 Å². The van der Waals surface area contributed by atoms with Crippen LogP contribution in [0, 0.1) is 0 Å². The molecule has 8 aromatic carbocycles. The van der Waals surface area contributed by atoms with E-state index in [0.29, 0.717) is 5.95 Å². The van der Waals surface area contributed by atoms with Crippen molar-refractivity contribution in [1.29, 1.82) is 0 Å². The number of hydrogen-bond donors (Lipinski definition) is 0. The molecule has 14 rings (SSSR count). The molecule has 0 amide bonds. The van der Waals surface area contributed by atoms with Crippen LogP contribution in [-0.2, 0) is 5.54 Å². The van der Waals surface area contributed by atoms with E-state index < -0.39 is 0 Å². The molecule has 0 fully saturated rings. The van der Waals surface area contributed by atoms with Crippen LogP contribution in [-0.4, -0.2) is 19.1 Å². The summed E-state index contributed by atoms with van der Waals surface area (Å²) in [5.41, 5.74) is 12.5. The molecule has 4 nitrogen and oxygen atoms in total. The molecule has 1 aliphatic carbocycles. The van der Waals surface area contributed by atoms with Crippen molar-refractivity contribution in [3.63, 3.8) is 0 Å². The van der Waals surface area contributed by atoms with Crippen LogP contribution < -0.4 is 0 Å². The summed E-state index contributed by atoms with van der Waals surface area (Å²) in [7, 11) is 0. The first-order valence-electron chi connectivity index (χ1n) is 20.7. The van der Waals surface area contributed by atoms with Gasteiger partial charge in [-0.1, -0.05) is 146 Å². The van der Waals surface area contributed by atoms with E-state index in [4.69, 9.17) is 9.97 Å². The number of rotatable bonds is 3. The standard InChI is InChI=1S/C55H34N4S/c1-55-29-10-9-24-42(55)39-23-12-22-38-37-21-13-25-43-47(37)49-44(31-46-48(53(49)59(55)52(38)39)40-20-7-8-26-45(40)60-46)58(43)54-56-50(35-18-11-17-34(30-35)32-14-3-2-4-15-32)41-28-27-33-16-5-6-19-36(33)51(41)57-54/h2-28,30-31H,29H2,1H3. The van der Waals surface area contributed by atoms with Gasteiger partial charge in [-0.25, -0.2) is 9.97 Å². The van der Waals surface area contributed by atoms with Gasteiger partial charge in [-0.05, 0) is 71.1 Å². The Morgan fingerprint density at radius 2 is 1.32 bits per heavy atom. The molecule has 280 valence electrons. The van der Waals surface area contributed by atoms with Crippen LogP contribution in [0.3, 0.4) is 0 Å². The van der Waals surface area contributed by atoms with Gasteiger partial charge in [-0.3, -0.25) is 4.57 Å². The van der Waals surface area contributed by atoms with Crippen LogP contribution in [0.15, 0.2) is 176 Å². The van der Waals surface area contributed by atoms with Gasteiger partial charge in [-0.15, -0.1) is 11.3 Å². The van der Waals surface area contributed by atoms with Gasteiger partial charge in [0, 0.05) is 58.2 Å². The Kier molecular flexibility index (Phi) is 6.33. The lowest BCUT2D eigenvalue weighted by Crippen LogP contribution is -2.28. The Labute approximate surface area is 348 Å². The highest BCUT2D eigenvalue weighted by molar-refractivity contribution is 7.26. The number of para-hydroxylation sites is 1. The van der Waals surface area contributed by atoms with Gasteiger partial charge in [0.15, 0.2) is 0 Å². The van der Waals surface area contributed by atoms with E-state index in [1.165, 1.54) is 69.5 Å². The molecule has 60 heavy (non-hydrogen) atoms. The molecule has 0 N–H and O–H groups in total. The molecule has 4 aromatic heterocycles. The van der Waals surface area contributed by atoms with Gasteiger partial charge in [0.05, 0.1) is 38.8 Å². The Morgan fingerprint density at radius 1 is 0.550 bits per heavy atom. The lowest BCUT2D eigenvalue weighted by atomic mass is 9.83. The molecule has 0 bridgehead atoms. The zero-order chi connectivity index (χ0) is 39.3. The van der Waals surface area contributed by atoms with E-state index in [2.05, 4.69) is 192 Å². The van der Waals surface area contributed by atoms with Crippen molar-refractivity contribution in [2.75, 3.05) is 0 Å². The van der Waals surface area contributed by atoms with Crippen LogP contribution >= 0.6 is 11.3 Å². The number of hydrogen-bond acceptors (Lipinski definition) is 3.